The summed E-state index contributed by atoms with van der Waals surface area (Å²) in [5.41, 5.74) is -0.752. The molecule has 0 spiro atoms. The average Bonchev–Trinajstić information content (AvgIpc) is 3.07. The van der Waals surface area contributed by atoms with Gasteiger partial charge in [0.2, 0.25) is 0 Å². The van der Waals surface area contributed by atoms with Gasteiger partial charge in [-0.2, -0.15) is 0 Å². The van der Waals surface area contributed by atoms with Gasteiger partial charge in [-0.3, -0.25) is 9.69 Å². The topological polar surface area (TPSA) is 46.6 Å². The lowest BCUT2D eigenvalue weighted by atomic mass is 9.73. The minimum Gasteiger partial charge on any atom is -0.444 e. The van der Waals surface area contributed by atoms with Crippen molar-refractivity contribution in [3.05, 3.63) is 0 Å². The van der Waals surface area contributed by atoms with Crippen molar-refractivity contribution < 1.29 is 18.8 Å². The first-order valence-corrected chi connectivity index (χ1v) is 10.2. The summed E-state index contributed by atoms with van der Waals surface area (Å²) in [6, 6.07) is 0.150. The molecule has 5 nitrogen and oxygen atoms in total. The van der Waals surface area contributed by atoms with Gasteiger partial charge >= 0.3 is 6.09 Å². The monoisotopic (exact) mass is 365 g/mol. The fourth-order valence-electron chi connectivity index (χ4n) is 6.34. The van der Waals surface area contributed by atoms with Crippen molar-refractivity contribution in [2.45, 2.75) is 83.9 Å². The fraction of sp³-hybridized carbons (Fsp3) is 0.905. The highest BCUT2D eigenvalue weighted by molar-refractivity contribution is 5.92. The number of carbonyl (C=O) groups excluding carboxylic acids is 2. The van der Waals surface area contributed by atoms with Gasteiger partial charge in [0.05, 0.1) is 26.7 Å². The first kappa shape index (κ1) is 19.7. The number of hydrogen-bond acceptors (Lipinski definition) is 3. The van der Waals surface area contributed by atoms with Crippen molar-refractivity contribution in [1.29, 1.82) is 0 Å². The van der Waals surface area contributed by atoms with Crippen LogP contribution in [0.5, 0.6) is 0 Å². The zero-order chi connectivity index (χ0) is 19.5. The molecule has 0 aromatic heterocycles. The van der Waals surface area contributed by atoms with E-state index in [4.69, 9.17) is 4.74 Å². The molecule has 0 aromatic carbocycles. The SMILES string of the molecule is CC(C)(C)OC(=O)N1CCC[C@H]1C[N+](C)(C)C12CCC(CC1=O)C2(C)C. The fourth-order valence-corrected chi connectivity index (χ4v) is 6.34. The molecule has 2 aliphatic carbocycles. The van der Waals surface area contributed by atoms with E-state index in [1.54, 1.807) is 0 Å². The maximum atomic E-state index is 13.1. The predicted molar refractivity (Wildman–Crippen MR) is 102 cm³/mol. The molecule has 3 atom stereocenters. The van der Waals surface area contributed by atoms with Crippen LogP contribution in [-0.2, 0) is 9.53 Å². The molecule has 1 heterocycles. The van der Waals surface area contributed by atoms with E-state index in [2.05, 4.69) is 27.9 Å². The van der Waals surface area contributed by atoms with Gasteiger partial charge in [-0.05, 0) is 46.0 Å². The van der Waals surface area contributed by atoms with Crippen LogP contribution >= 0.6 is 0 Å². The van der Waals surface area contributed by atoms with Gasteiger partial charge in [-0.1, -0.05) is 13.8 Å². The van der Waals surface area contributed by atoms with Gasteiger partial charge in [-0.25, -0.2) is 4.79 Å². The van der Waals surface area contributed by atoms with E-state index in [1.165, 1.54) is 0 Å². The summed E-state index contributed by atoms with van der Waals surface area (Å²) in [7, 11) is 4.41. The normalized spacial score (nSPS) is 33.8. The number of likely N-dealkylation sites (N-methyl/N-ethyl adjacent to an activating group) is 1. The number of ether oxygens (including phenoxy) is 1. The number of fused-ring (bicyclic) bond motifs is 2. The molecule has 1 amide bonds. The first-order chi connectivity index (χ1) is 11.8. The van der Waals surface area contributed by atoms with E-state index in [-0.39, 0.29) is 23.1 Å². The average molecular weight is 366 g/mol. The highest BCUT2D eigenvalue weighted by Crippen LogP contribution is 2.62. The molecule has 148 valence electrons. The summed E-state index contributed by atoms with van der Waals surface area (Å²) in [4.78, 5) is 27.6. The summed E-state index contributed by atoms with van der Waals surface area (Å²) in [6.07, 6.45) is 4.66. The van der Waals surface area contributed by atoms with Crippen LogP contribution in [0.4, 0.5) is 4.79 Å². The molecule has 0 aromatic rings. The summed E-state index contributed by atoms with van der Waals surface area (Å²) >= 11 is 0. The molecule has 0 N–H and O–H groups in total. The number of hydrogen-bond donors (Lipinski definition) is 0. The maximum Gasteiger partial charge on any atom is 0.410 e. The van der Waals surface area contributed by atoms with Crippen molar-refractivity contribution in [2.24, 2.45) is 11.3 Å². The van der Waals surface area contributed by atoms with Gasteiger partial charge in [0, 0.05) is 24.8 Å². The third kappa shape index (κ3) is 2.78. The first-order valence-electron chi connectivity index (χ1n) is 10.2. The Bertz CT molecular complexity index is 605. The Morgan fingerprint density at radius 2 is 1.92 bits per heavy atom. The van der Waals surface area contributed by atoms with Crippen molar-refractivity contribution in [3.63, 3.8) is 0 Å². The molecule has 2 unspecified atom stereocenters. The number of likely N-dealkylation sites (tertiary alicyclic amines) is 1. The van der Waals surface area contributed by atoms with Gasteiger partial charge in [0.15, 0.2) is 11.3 Å². The maximum absolute atomic E-state index is 13.1. The lowest BCUT2D eigenvalue weighted by Gasteiger charge is -2.51. The molecule has 3 fully saturated rings. The van der Waals surface area contributed by atoms with E-state index in [0.717, 1.165) is 45.2 Å². The van der Waals surface area contributed by atoms with Crippen molar-refractivity contribution >= 4 is 11.9 Å². The lowest BCUT2D eigenvalue weighted by molar-refractivity contribution is -0.938. The van der Waals surface area contributed by atoms with E-state index in [0.29, 0.717) is 16.2 Å². The van der Waals surface area contributed by atoms with E-state index in [9.17, 15) is 9.59 Å². The van der Waals surface area contributed by atoms with Crippen LogP contribution in [0.1, 0.15) is 66.7 Å². The third-order valence-electron chi connectivity index (χ3n) is 7.54. The van der Waals surface area contributed by atoms with Crippen LogP contribution in [0.25, 0.3) is 0 Å². The molecule has 0 radical (unpaired) electrons. The van der Waals surface area contributed by atoms with Gasteiger partial charge < -0.3 is 9.22 Å². The van der Waals surface area contributed by atoms with Crippen LogP contribution < -0.4 is 0 Å². The molecule has 26 heavy (non-hydrogen) atoms. The molecule has 5 heteroatoms. The number of rotatable bonds is 3. The minimum atomic E-state index is -0.477. The molecule has 1 aliphatic heterocycles. The van der Waals surface area contributed by atoms with Gasteiger partial charge in [0.25, 0.3) is 0 Å². The van der Waals surface area contributed by atoms with Crippen molar-refractivity contribution in [1.82, 2.24) is 4.90 Å². The molecule has 3 aliphatic rings. The van der Waals surface area contributed by atoms with E-state index < -0.39 is 5.60 Å². The van der Waals surface area contributed by atoms with Gasteiger partial charge in [-0.15, -0.1) is 0 Å². The second-order valence-corrected chi connectivity index (χ2v) is 10.8. The van der Waals surface area contributed by atoms with E-state index >= 15 is 0 Å². The molecule has 1 saturated heterocycles. The Kier molecular flexibility index (Phi) is 4.50. The highest BCUT2D eigenvalue weighted by Gasteiger charge is 2.72. The standard InChI is InChI=1S/C21H37N2O3/c1-19(2,3)26-18(25)22-12-8-9-16(22)14-23(6,7)21-11-10-15(13-17(21)24)20(21,4)5/h15-16H,8-14H2,1-7H3/q+1/t15?,16-,21?/m0/s1. The van der Waals surface area contributed by atoms with Crippen molar-refractivity contribution in [3.8, 4) is 0 Å². The number of nitrogens with zero attached hydrogens (tertiary/aromatic N) is 2. The Labute approximate surface area is 158 Å². The summed E-state index contributed by atoms with van der Waals surface area (Å²) in [6.45, 7) is 11.9. The summed E-state index contributed by atoms with van der Waals surface area (Å²) in [5, 5.41) is 0. The summed E-state index contributed by atoms with van der Waals surface area (Å²) in [5.74, 6) is 0.948. The molecule has 3 rings (SSSR count). The van der Waals surface area contributed by atoms with E-state index in [1.807, 2.05) is 25.7 Å². The van der Waals surface area contributed by atoms with Crippen LogP contribution in [0, 0.1) is 11.3 Å². The molecular weight excluding hydrogens is 328 g/mol. The zero-order valence-electron chi connectivity index (χ0n) is 17.7. The minimum absolute atomic E-state index is 0.0307. The predicted octanol–water partition coefficient (Wildman–Crippen LogP) is 3.61. The zero-order valence-corrected chi connectivity index (χ0v) is 17.7. The Hall–Kier alpha value is -1.10. The smallest absolute Gasteiger partial charge is 0.410 e. The van der Waals surface area contributed by atoms with Crippen molar-refractivity contribution in [2.75, 3.05) is 27.2 Å². The summed E-state index contributed by atoms with van der Waals surface area (Å²) < 4.78 is 6.31. The molecule has 2 bridgehead atoms. The number of amides is 1. The number of quaternary nitrogens is 1. The number of Topliss-reactive ketones (excluding diaryl/α,β-unsaturated/α-hetero) is 1. The Morgan fingerprint density at radius 3 is 2.42 bits per heavy atom. The highest BCUT2D eigenvalue weighted by atomic mass is 16.6. The number of ketones is 1. The number of carbonyl (C=O) groups is 2. The Morgan fingerprint density at radius 1 is 1.27 bits per heavy atom. The Balaban J connectivity index is 1.81. The second kappa shape index (κ2) is 5.95. The third-order valence-corrected chi connectivity index (χ3v) is 7.54. The molecule has 2 saturated carbocycles. The molecular formula is C21H37N2O3+. The van der Waals surface area contributed by atoms with Gasteiger partial charge in [0.1, 0.15) is 5.60 Å². The second-order valence-electron chi connectivity index (χ2n) is 10.8. The van der Waals surface area contributed by atoms with Crippen LogP contribution in [0.3, 0.4) is 0 Å². The lowest BCUT2D eigenvalue weighted by Crippen LogP contribution is -2.69. The quantitative estimate of drug-likeness (QED) is 0.718. The largest absolute Gasteiger partial charge is 0.444 e. The van der Waals surface area contributed by atoms with Crippen LogP contribution in [-0.4, -0.2) is 65.6 Å². The van der Waals surface area contributed by atoms with Crippen LogP contribution in [0.2, 0.25) is 0 Å². The van der Waals surface area contributed by atoms with Crippen LogP contribution in [0.15, 0.2) is 0 Å².